The van der Waals surface area contributed by atoms with E-state index in [1.54, 1.807) is 0 Å². The maximum Gasteiger partial charge on any atom is 0.213 e. The van der Waals surface area contributed by atoms with Crippen LogP contribution in [0.15, 0.2) is 0 Å². The summed E-state index contributed by atoms with van der Waals surface area (Å²) in [7, 11) is -3.10. The molecule has 0 aliphatic carbocycles. The van der Waals surface area contributed by atoms with Crippen LogP contribution in [0, 0.1) is 0 Å². The van der Waals surface area contributed by atoms with E-state index in [0.717, 1.165) is 32.2 Å². The zero-order valence-electron chi connectivity index (χ0n) is 12.0. The van der Waals surface area contributed by atoms with Gasteiger partial charge in [0.2, 0.25) is 10.0 Å². The van der Waals surface area contributed by atoms with Crippen LogP contribution in [0.2, 0.25) is 0 Å². The molecule has 1 saturated heterocycles. The van der Waals surface area contributed by atoms with E-state index in [0.29, 0.717) is 6.54 Å². The minimum absolute atomic E-state index is 0.146. The molecule has 0 aromatic carbocycles. The Morgan fingerprint density at radius 1 is 1.21 bits per heavy atom. The van der Waals surface area contributed by atoms with Gasteiger partial charge in [-0.1, -0.05) is 19.3 Å². The second-order valence-electron chi connectivity index (χ2n) is 5.23. The lowest BCUT2D eigenvalue weighted by Crippen LogP contribution is -2.42. The molecule has 0 saturated carbocycles. The first-order chi connectivity index (χ1) is 9.14. The van der Waals surface area contributed by atoms with Crippen molar-refractivity contribution in [3.63, 3.8) is 0 Å². The van der Waals surface area contributed by atoms with Crippen molar-refractivity contribution in [1.82, 2.24) is 10.0 Å². The van der Waals surface area contributed by atoms with Crippen LogP contribution in [0.5, 0.6) is 0 Å². The molecule has 1 unspecified atom stereocenters. The average molecular weight is 309 g/mol. The fraction of sp³-hybridized carbons (Fsp3) is 1.00. The molecule has 0 radical (unpaired) electrons. The van der Waals surface area contributed by atoms with Gasteiger partial charge in [0.15, 0.2) is 0 Å². The van der Waals surface area contributed by atoms with Crippen LogP contribution in [0.1, 0.15) is 44.9 Å². The molecule has 0 aromatic rings. The lowest BCUT2D eigenvalue weighted by Gasteiger charge is -2.23. The van der Waals surface area contributed by atoms with Gasteiger partial charge >= 0.3 is 0 Å². The molecule has 2 N–H and O–H groups in total. The molecule has 1 heterocycles. The van der Waals surface area contributed by atoms with E-state index >= 15 is 0 Å². The summed E-state index contributed by atoms with van der Waals surface area (Å²) in [6, 6.07) is 0.146. The molecular weight excluding hydrogens is 280 g/mol. The number of rotatable bonds is 10. The molecule has 1 rings (SSSR count). The number of unbranched alkanes of at least 4 members (excludes halogenated alkanes) is 3. The van der Waals surface area contributed by atoms with Crippen LogP contribution >= 0.6 is 11.8 Å². The minimum Gasteiger partial charge on any atom is -0.313 e. The predicted octanol–water partition coefficient (Wildman–Crippen LogP) is 1.97. The molecule has 1 atom stereocenters. The van der Waals surface area contributed by atoms with Crippen LogP contribution < -0.4 is 10.0 Å². The second-order valence-corrected chi connectivity index (χ2v) is 8.07. The number of hydrogen-bond donors (Lipinski definition) is 2. The van der Waals surface area contributed by atoms with Crippen LogP contribution in [-0.2, 0) is 10.0 Å². The maximum atomic E-state index is 11.9. The largest absolute Gasteiger partial charge is 0.313 e. The SMILES string of the molecule is CSCCCCCCNS(=O)(=O)CC1CCCCN1. The van der Waals surface area contributed by atoms with Gasteiger partial charge in [0, 0.05) is 12.6 Å². The first-order valence-electron chi connectivity index (χ1n) is 7.34. The van der Waals surface area contributed by atoms with Crippen LogP contribution in [0.25, 0.3) is 0 Å². The number of piperidine rings is 1. The van der Waals surface area contributed by atoms with Gasteiger partial charge in [-0.05, 0) is 44.2 Å². The Labute approximate surface area is 122 Å². The molecule has 6 heteroatoms. The lowest BCUT2D eigenvalue weighted by atomic mass is 10.1. The average Bonchev–Trinajstić information content (AvgIpc) is 2.38. The van der Waals surface area contributed by atoms with Gasteiger partial charge in [-0.3, -0.25) is 0 Å². The highest BCUT2D eigenvalue weighted by Crippen LogP contribution is 2.09. The van der Waals surface area contributed by atoms with Gasteiger partial charge < -0.3 is 5.32 Å². The molecule has 4 nitrogen and oxygen atoms in total. The predicted molar refractivity (Wildman–Crippen MR) is 84.3 cm³/mol. The Bertz CT molecular complexity index is 315. The summed E-state index contributed by atoms with van der Waals surface area (Å²) in [6.45, 7) is 1.55. The topological polar surface area (TPSA) is 58.2 Å². The Kier molecular flexibility index (Phi) is 9.11. The monoisotopic (exact) mass is 308 g/mol. The Morgan fingerprint density at radius 3 is 2.68 bits per heavy atom. The fourth-order valence-corrected chi connectivity index (χ4v) is 4.22. The molecular formula is C13H28N2O2S2. The highest BCUT2D eigenvalue weighted by Gasteiger charge is 2.20. The van der Waals surface area contributed by atoms with E-state index in [1.165, 1.54) is 25.0 Å². The summed E-state index contributed by atoms with van der Waals surface area (Å²) >= 11 is 1.87. The van der Waals surface area contributed by atoms with Crippen molar-refractivity contribution in [2.24, 2.45) is 0 Å². The number of thioether (sulfide) groups is 1. The van der Waals surface area contributed by atoms with Crippen molar-refractivity contribution in [1.29, 1.82) is 0 Å². The molecule has 1 aliphatic heterocycles. The summed E-state index contributed by atoms with van der Waals surface area (Å²) in [5, 5.41) is 3.28. The third-order valence-electron chi connectivity index (χ3n) is 3.43. The third-order valence-corrected chi connectivity index (χ3v) is 5.61. The van der Waals surface area contributed by atoms with Gasteiger partial charge in [0.1, 0.15) is 0 Å². The first kappa shape index (κ1) is 17.3. The van der Waals surface area contributed by atoms with Gasteiger partial charge in [0.05, 0.1) is 5.75 Å². The maximum absolute atomic E-state index is 11.9. The molecule has 19 heavy (non-hydrogen) atoms. The highest BCUT2D eigenvalue weighted by atomic mass is 32.2. The smallest absolute Gasteiger partial charge is 0.213 e. The number of hydrogen-bond acceptors (Lipinski definition) is 4. The zero-order chi connectivity index (χ0) is 14.0. The Morgan fingerprint density at radius 2 is 2.00 bits per heavy atom. The van der Waals surface area contributed by atoms with E-state index in [1.807, 2.05) is 11.8 Å². The van der Waals surface area contributed by atoms with E-state index in [2.05, 4.69) is 16.3 Å². The number of nitrogens with one attached hydrogen (secondary N) is 2. The summed E-state index contributed by atoms with van der Waals surface area (Å²) in [5.74, 6) is 1.44. The molecule has 0 spiro atoms. The molecule has 0 aromatic heterocycles. The summed E-state index contributed by atoms with van der Waals surface area (Å²) in [6.07, 6.45) is 9.91. The standard InChI is InChI=1S/C13H28N2O2S2/c1-18-11-7-3-2-5-10-15-19(16,17)12-13-8-4-6-9-14-13/h13-15H,2-12H2,1H3. The lowest BCUT2D eigenvalue weighted by molar-refractivity contribution is 0.422. The molecule has 114 valence electrons. The van der Waals surface area contributed by atoms with E-state index in [4.69, 9.17) is 0 Å². The summed E-state index contributed by atoms with van der Waals surface area (Å²) in [4.78, 5) is 0. The number of sulfonamides is 1. The molecule has 1 aliphatic rings. The van der Waals surface area contributed by atoms with Gasteiger partial charge in [0.25, 0.3) is 0 Å². The minimum atomic E-state index is -3.10. The molecule has 0 amide bonds. The normalized spacial score (nSPS) is 20.6. The summed E-state index contributed by atoms with van der Waals surface area (Å²) in [5.41, 5.74) is 0. The van der Waals surface area contributed by atoms with Gasteiger partial charge in [-0.2, -0.15) is 11.8 Å². The third kappa shape index (κ3) is 8.89. The van der Waals surface area contributed by atoms with Crippen molar-refractivity contribution in [2.45, 2.75) is 51.0 Å². The Balaban J connectivity index is 2.06. The van der Waals surface area contributed by atoms with E-state index in [-0.39, 0.29) is 11.8 Å². The van der Waals surface area contributed by atoms with Gasteiger partial charge in [-0.15, -0.1) is 0 Å². The quantitative estimate of drug-likeness (QED) is 0.606. The van der Waals surface area contributed by atoms with E-state index in [9.17, 15) is 8.42 Å². The zero-order valence-corrected chi connectivity index (χ0v) is 13.6. The first-order valence-corrected chi connectivity index (χ1v) is 10.4. The van der Waals surface area contributed by atoms with Crippen molar-refractivity contribution in [2.75, 3.05) is 30.9 Å². The van der Waals surface area contributed by atoms with Crippen molar-refractivity contribution in [3.05, 3.63) is 0 Å². The van der Waals surface area contributed by atoms with Crippen molar-refractivity contribution < 1.29 is 8.42 Å². The van der Waals surface area contributed by atoms with Crippen molar-refractivity contribution in [3.8, 4) is 0 Å². The van der Waals surface area contributed by atoms with Crippen LogP contribution in [-0.4, -0.2) is 45.3 Å². The second kappa shape index (κ2) is 10.0. The van der Waals surface area contributed by atoms with Gasteiger partial charge in [-0.25, -0.2) is 13.1 Å². The van der Waals surface area contributed by atoms with Crippen LogP contribution in [0.3, 0.4) is 0 Å². The molecule has 1 fully saturated rings. The van der Waals surface area contributed by atoms with E-state index < -0.39 is 10.0 Å². The van der Waals surface area contributed by atoms with Crippen molar-refractivity contribution >= 4 is 21.8 Å². The summed E-state index contributed by atoms with van der Waals surface area (Å²) < 4.78 is 26.5. The fourth-order valence-electron chi connectivity index (χ4n) is 2.34. The molecule has 0 bridgehead atoms. The Hall–Kier alpha value is 0.220. The van der Waals surface area contributed by atoms with Crippen LogP contribution in [0.4, 0.5) is 0 Å². The highest BCUT2D eigenvalue weighted by molar-refractivity contribution is 7.98.